The maximum atomic E-state index is 12.7. The average Bonchev–Trinajstić information content (AvgIpc) is 2.74. The molecule has 2 saturated heterocycles. The second-order valence-corrected chi connectivity index (χ2v) is 6.95. The Kier molecular flexibility index (Phi) is 4.81. The second-order valence-electron chi connectivity index (χ2n) is 6.10. The Hall–Kier alpha value is -1.36. The van der Waals surface area contributed by atoms with Crippen LogP contribution in [0.3, 0.4) is 0 Å². The number of carbonyl (C=O) groups excluding carboxylic acids is 2. The predicted molar refractivity (Wildman–Crippen MR) is 89.7 cm³/mol. The largest absolute Gasteiger partial charge is 0.342 e. The molecule has 0 spiro atoms. The zero-order valence-corrected chi connectivity index (χ0v) is 14.2. The highest BCUT2D eigenvalue weighted by atomic mass is 79.9. The van der Waals surface area contributed by atoms with Crippen LogP contribution in [0.1, 0.15) is 32.1 Å². The molecule has 4 nitrogen and oxygen atoms in total. The Morgan fingerprint density at radius 3 is 2.45 bits per heavy atom. The number of benzene rings is 1. The third-order valence-electron chi connectivity index (χ3n) is 4.54. The van der Waals surface area contributed by atoms with E-state index in [-0.39, 0.29) is 17.7 Å². The lowest BCUT2D eigenvalue weighted by atomic mass is 10.1. The van der Waals surface area contributed by atoms with Gasteiger partial charge in [0.15, 0.2) is 0 Å². The number of amides is 2. The molecule has 2 fully saturated rings. The van der Waals surface area contributed by atoms with Crippen LogP contribution in [-0.4, -0.2) is 36.3 Å². The summed E-state index contributed by atoms with van der Waals surface area (Å²) in [6.07, 6.45) is 4.91. The summed E-state index contributed by atoms with van der Waals surface area (Å²) in [5.41, 5.74) is 0.860. The molecule has 0 aliphatic carbocycles. The number of hydrogen-bond acceptors (Lipinski definition) is 2. The average molecular weight is 365 g/mol. The van der Waals surface area contributed by atoms with Gasteiger partial charge in [0.25, 0.3) is 0 Å². The molecule has 0 N–H and O–H groups in total. The van der Waals surface area contributed by atoms with Crippen LogP contribution in [0, 0.1) is 5.92 Å². The van der Waals surface area contributed by atoms with Gasteiger partial charge in [-0.3, -0.25) is 9.59 Å². The standard InChI is InChI=1S/C17H21BrN2O2/c18-14-7-3-4-8-15(14)20-12-13(11-16(20)21)17(22)19-9-5-1-2-6-10-19/h3-4,7-8,13H,1-2,5-6,9-12H2/t13-/m0/s1. The summed E-state index contributed by atoms with van der Waals surface area (Å²) in [6, 6.07) is 7.68. The Bertz CT molecular complexity index is 568. The van der Waals surface area contributed by atoms with Crippen LogP contribution < -0.4 is 4.90 Å². The van der Waals surface area contributed by atoms with Gasteiger partial charge in [-0.1, -0.05) is 25.0 Å². The van der Waals surface area contributed by atoms with Gasteiger partial charge in [0.05, 0.1) is 11.6 Å². The molecule has 5 heteroatoms. The number of rotatable bonds is 2. The topological polar surface area (TPSA) is 40.6 Å². The van der Waals surface area contributed by atoms with Crippen molar-refractivity contribution in [2.45, 2.75) is 32.1 Å². The van der Waals surface area contributed by atoms with E-state index in [1.807, 2.05) is 29.2 Å². The molecule has 1 aromatic carbocycles. The van der Waals surface area contributed by atoms with E-state index >= 15 is 0 Å². The normalized spacial score (nSPS) is 22.8. The molecule has 3 rings (SSSR count). The molecular formula is C17H21BrN2O2. The summed E-state index contributed by atoms with van der Waals surface area (Å²) in [5.74, 6) is 0.00239. The molecule has 0 aromatic heterocycles. The van der Waals surface area contributed by atoms with E-state index in [1.165, 1.54) is 12.8 Å². The van der Waals surface area contributed by atoms with E-state index in [9.17, 15) is 9.59 Å². The molecule has 2 heterocycles. The quantitative estimate of drug-likeness (QED) is 0.808. The van der Waals surface area contributed by atoms with E-state index in [4.69, 9.17) is 0 Å². The molecule has 0 saturated carbocycles. The van der Waals surface area contributed by atoms with E-state index in [1.54, 1.807) is 4.90 Å². The maximum Gasteiger partial charge on any atom is 0.228 e. The summed E-state index contributed by atoms with van der Waals surface area (Å²) < 4.78 is 0.895. The SMILES string of the molecule is O=C([C@H]1CC(=O)N(c2ccccc2Br)C1)N1CCCCCC1. The van der Waals surface area contributed by atoms with Crippen LogP contribution >= 0.6 is 15.9 Å². The van der Waals surface area contributed by atoms with Gasteiger partial charge in [-0.15, -0.1) is 0 Å². The minimum absolute atomic E-state index is 0.0417. The van der Waals surface area contributed by atoms with E-state index in [0.29, 0.717) is 13.0 Å². The zero-order valence-electron chi connectivity index (χ0n) is 12.6. The molecule has 2 amide bonds. The fourth-order valence-electron chi connectivity index (χ4n) is 3.33. The van der Waals surface area contributed by atoms with Crippen molar-refractivity contribution in [3.05, 3.63) is 28.7 Å². The van der Waals surface area contributed by atoms with Crippen LogP contribution in [0.25, 0.3) is 0 Å². The number of anilines is 1. The summed E-state index contributed by atoms with van der Waals surface area (Å²) >= 11 is 3.49. The molecular weight excluding hydrogens is 344 g/mol. The van der Waals surface area contributed by atoms with Crippen LogP contribution in [-0.2, 0) is 9.59 Å². The van der Waals surface area contributed by atoms with E-state index in [2.05, 4.69) is 15.9 Å². The number of halogens is 1. The fraction of sp³-hybridized carbons (Fsp3) is 0.529. The highest BCUT2D eigenvalue weighted by molar-refractivity contribution is 9.10. The van der Waals surface area contributed by atoms with Gasteiger partial charge in [-0.05, 0) is 40.9 Å². The first-order chi connectivity index (χ1) is 10.7. The third-order valence-corrected chi connectivity index (χ3v) is 5.21. The van der Waals surface area contributed by atoms with Gasteiger partial charge in [0.2, 0.25) is 11.8 Å². The lowest BCUT2D eigenvalue weighted by Crippen LogP contribution is -2.38. The van der Waals surface area contributed by atoms with Crippen molar-refractivity contribution in [2.24, 2.45) is 5.92 Å². The minimum atomic E-state index is -0.197. The van der Waals surface area contributed by atoms with Crippen LogP contribution in [0.5, 0.6) is 0 Å². The fourth-order valence-corrected chi connectivity index (χ4v) is 3.82. The van der Waals surface area contributed by atoms with Crippen molar-refractivity contribution in [3.63, 3.8) is 0 Å². The van der Waals surface area contributed by atoms with E-state index in [0.717, 1.165) is 36.1 Å². The first-order valence-corrected chi connectivity index (χ1v) is 8.80. The Balaban J connectivity index is 1.71. The van der Waals surface area contributed by atoms with Gasteiger partial charge in [-0.25, -0.2) is 0 Å². The van der Waals surface area contributed by atoms with Gasteiger partial charge >= 0.3 is 0 Å². The van der Waals surface area contributed by atoms with Crippen LogP contribution in [0.4, 0.5) is 5.69 Å². The number of para-hydroxylation sites is 1. The highest BCUT2D eigenvalue weighted by Gasteiger charge is 2.37. The van der Waals surface area contributed by atoms with Crippen LogP contribution in [0.2, 0.25) is 0 Å². The monoisotopic (exact) mass is 364 g/mol. The minimum Gasteiger partial charge on any atom is -0.342 e. The summed E-state index contributed by atoms with van der Waals surface area (Å²) in [5, 5.41) is 0. The molecule has 2 aliphatic heterocycles. The smallest absolute Gasteiger partial charge is 0.228 e. The first-order valence-electron chi connectivity index (χ1n) is 8.00. The lowest BCUT2D eigenvalue weighted by molar-refractivity contribution is -0.135. The number of likely N-dealkylation sites (tertiary alicyclic amines) is 1. The Morgan fingerprint density at radius 2 is 1.77 bits per heavy atom. The molecule has 1 aromatic rings. The van der Waals surface area contributed by atoms with Gasteiger partial charge in [0, 0.05) is 30.5 Å². The number of nitrogens with zero attached hydrogens (tertiary/aromatic N) is 2. The molecule has 0 bridgehead atoms. The highest BCUT2D eigenvalue weighted by Crippen LogP contribution is 2.32. The van der Waals surface area contributed by atoms with Crippen LogP contribution in [0.15, 0.2) is 28.7 Å². The summed E-state index contributed by atoms with van der Waals surface area (Å²) in [4.78, 5) is 28.7. The van der Waals surface area contributed by atoms with Crippen molar-refractivity contribution in [2.75, 3.05) is 24.5 Å². The number of hydrogen-bond donors (Lipinski definition) is 0. The van der Waals surface area contributed by atoms with Crippen molar-refractivity contribution in [1.29, 1.82) is 0 Å². The van der Waals surface area contributed by atoms with Gasteiger partial charge < -0.3 is 9.80 Å². The van der Waals surface area contributed by atoms with Crippen molar-refractivity contribution in [1.82, 2.24) is 4.90 Å². The predicted octanol–water partition coefficient (Wildman–Crippen LogP) is 3.20. The summed E-state index contributed by atoms with van der Waals surface area (Å²) in [6.45, 7) is 2.19. The maximum absolute atomic E-state index is 12.7. The van der Waals surface area contributed by atoms with Gasteiger partial charge in [0.1, 0.15) is 0 Å². The number of carbonyl (C=O) groups is 2. The lowest BCUT2D eigenvalue weighted by Gasteiger charge is -2.24. The van der Waals surface area contributed by atoms with Crippen molar-refractivity contribution in [3.8, 4) is 0 Å². The molecule has 0 radical (unpaired) electrons. The Labute approximate surface area is 139 Å². The molecule has 1 atom stereocenters. The Morgan fingerprint density at radius 1 is 1.09 bits per heavy atom. The van der Waals surface area contributed by atoms with Crippen molar-refractivity contribution >= 4 is 33.4 Å². The third kappa shape index (κ3) is 3.19. The molecule has 2 aliphatic rings. The first kappa shape index (κ1) is 15.5. The van der Waals surface area contributed by atoms with E-state index < -0.39 is 0 Å². The van der Waals surface area contributed by atoms with Crippen molar-refractivity contribution < 1.29 is 9.59 Å². The van der Waals surface area contributed by atoms with Gasteiger partial charge in [-0.2, -0.15) is 0 Å². The molecule has 22 heavy (non-hydrogen) atoms. The molecule has 118 valence electrons. The second kappa shape index (κ2) is 6.82. The molecule has 0 unspecified atom stereocenters. The zero-order chi connectivity index (χ0) is 15.5. The summed E-state index contributed by atoms with van der Waals surface area (Å²) in [7, 11) is 0.